The summed E-state index contributed by atoms with van der Waals surface area (Å²) in [6.07, 6.45) is -5.67. The highest BCUT2D eigenvalue weighted by molar-refractivity contribution is 5.76. The maximum absolute atomic E-state index is 11.9. The predicted octanol–water partition coefficient (Wildman–Crippen LogP) is 1.10. The molecule has 15 heavy (non-hydrogen) atoms. The summed E-state index contributed by atoms with van der Waals surface area (Å²) in [5.74, 6) is -0.388. The number of piperazine rings is 1. The van der Waals surface area contributed by atoms with E-state index in [0.29, 0.717) is 13.1 Å². The number of carbonyl (C=O) groups is 1. The van der Waals surface area contributed by atoms with Crippen LogP contribution in [0.25, 0.3) is 0 Å². The quantitative estimate of drug-likeness (QED) is 0.701. The molecule has 1 rings (SSSR count). The van der Waals surface area contributed by atoms with Crippen molar-refractivity contribution in [2.45, 2.75) is 19.0 Å². The SMILES string of the molecule is CN1CCN(C(=O)CCC(F)(F)F)CC1. The van der Waals surface area contributed by atoms with Crippen LogP contribution in [0.2, 0.25) is 0 Å². The van der Waals surface area contributed by atoms with Gasteiger partial charge in [-0.1, -0.05) is 0 Å². The molecule has 88 valence electrons. The lowest BCUT2D eigenvalue weighted by Gasteiger charge is -2.32. The monoisotopic (exact) mass is 224 g/mol. The summed E-state index contributed by atoms with van der Waals surface area (Å²) >= 11 is 0. The van der Waals surface area contributed by atoms with E-state index < -0.39 is 19.0 Å². The minimum Gasteiger partial charge on any atom is -0.340 e. The number of halogens is 3. The third-order valence-electron chi connectivity index (χ3n) is 2.48. The van der Waals surface area contributed by atoms with E-state index >= 15 is 0 Å². The first-order chi connectivity index (χ1) is 6.88. The fourth-order valence-electron chi connectivity index (χ4n) is 1.46. The van der Waals surface area contributed by atoms with Crippen molar-refractivity contribution in [2.24, 2.45) is 0 Å². The van der Waals surface area contributed by atoms with Gasteiger partial charge in [0.05, 0.1) is 6.42 Å². The molecular weight excluding hydrogens is 209 g/mol. The molecule has 0 atom stereocenters. The molecular formula is C9H15F3N2O. The summed E-state index contributed by atoms with van der Waals surface area (Å²) in [5, 5.41) is 0. The molecule has 1 heterocycles. The fourth-order valence-corrected chi connectivity index (χ4v) is 1.46. The van der Waals surface area contributed by atoms with Crippen molar-refractivity contribution in [3.63, 3.8) is 0 Å². The molecule has 0 aromatic rings. The second-order valence-corrected chi connectivity index (χ2v) is 3.80. The van der Waals surface area contributed by atoms with E-state index in [-0.39, 0.29) is 5.91 Å². The number of nitrogens with zero attached hydrogens (tertiary/aromatic N) is 2. The molecule has 6 heteroatoms. The number of hydrogen-bond acceptors (Lipinski definition) is 2. The van der Waals surface area contributed by atoms with Crippen LogP contribution in [0.5, 0.6) is 0 Å². The predicted molar refractivity (Wildman–Crippen MR) is 49.4 cm³/mol. The summed E-state index contributed by atoms with van der Waals surface area (Å²) < 4.78 is 35.6. The third-order valence-corrected chi connectivity index (χ3v) is 2.48. The smallest absolute Gasteiger partial charge is 0.340 e. The molecule has 1 fully saturated rings. The van der Waals surface area contributed by atoms with Gasteiger partial charge >= 0.3 is 6.18 Å². The zero-order valence-corrected chi connectivity index (χ0v) is 8.68. The van der Waals surface area contributed by atoms with Crippen LogP contribution in [-0.4, -0.2) is 55.1 Å². The maximum atomic E-state index is 11.9. The van der Waals surface area contributed by atoms with Gasteiger partial charge in [-0.25, -0.2) is 0 Å². The van der Waals surface area contributed by atoms with E-state index in [4.69, 9.17) is 0 Å². The number of alkyl halides is 3. The Bertz CT molecular complexity index is 222. The van der Waals surface area contributed by atoms with Gasteiger partial charge in [0, 0.05) is 32.6 Å². The highest BCUT2D eigenvalue weighted by atomic mass is 19.4. The molecule has 1 aliphatic heterocycles. The average Bonchev–Trinajstić information content (AvgIpc) is 2.14. The van der Waals surface area contributed by atoms with Crippen molar-refractivity contribution in [3.05, 3.63) is 0 Å². The van der Waals surface area contributed by atoms with Crippen LogP contribution in [0.1, 0.15) is 12.8 Å². The molecule has 0 unspecified atom stereocenters. The summed E-state index contributed by atoms with van der Waals surface area (Å²) in [5.41, 5.74) is 0. The molecule has 1 saturated heterocycles. The van der Waals surface area contributed by atoms with Crippen LogP contribution in [0, 0.1) is 0 Å². The van der Waals surface area contributed by atoms with Gasteiger partial charge in [-0.2, -0.15) is 13.2 Å². The number of carbonyl (C=O) groups excluding carboxylic acids is 1. The second-order valence-electron chi connectivity index (χ2n) is 3.80. The molecule has 0 saturated carbocycles. The summed E-state index contributed by atoms with van der Waals surface area (Å²) in [7, 11) is 1.93. The topological polar surface area (TPSA) is 23.6 Å². The molecule has 0 aliphatic carbocycles. The van der Waals surface area contributed by atoms with E-state index in [1.807, 2.05) is 11.9 Å². The van der Waals surface area contributed by atoms with E-state index in [1.165, 1.54) is 4.90 Å². The number of amides is 1. The molecule has 3 nitrogen and oxygen atoms in total. The minimum atomic E-state index is -4.23. The van der Waals surface area contributed by atoms with Crippen LogP contribution >= 0.6 is 0 Å². The standard InChI is InChI=1S/C9H15F3N2O/c1-13-4-6-14(7-5-13)8(15)2-3-9(10,11)12/h2-7H2,1H3. The van der Waals surface area contributed by atoms with E-state index in [2.05, 4.69) is 0 Å². The lowest BCUT2D eigenvalue weighted by molar-refractivity contribution is -0.149. The van der Waals surface area contributed by atoms with Gasteiger partial charge < -0.3 is 9.80 Å². The molecule has 1 amide bonds. The molecule has 1 aliphatic rings. The van der Waals surface area contributed by atoms with Crippen LogP contribution in [0.3, 0.4) is 0 Å². The van der Waals surface area contributed by atoms with E-state index in [1.54, 1.807) is 0 Å². The Morgan fingerprint density at radius 1 is 1.20 bits per heavy atom. The summed E-state index contributed by atoms with van der Waals surface area (Å²) in [4.78, 5) is 14.9. The molecule has 0 aromatic carbocycles. The fraction of sp³-hybridized carbons (Fsp3) is 0.889. The van der Waals surface area contributed by atoms with Crippen LogP contribution < -0.4 is 0 Å². The Labute approximate surface area is 86.8 Å². The number of likely N-dealkylation sites (N-methyl/N-ethyl adjacent to an activating group) is 1. The van der Waals surface area contributed by atoms with E-state index in [9.17, 15) is 18.0 Å². The molecule has 0 bridgehead atoms. The van der Waals surface area contributed by atoms with Crippen molar-refractivity contribution >= 4 is 5.91 Å². The second kappa shape index (κ2) is 4.83. The van der Waals surface area contributed by atoms with E-state index in [0.717, 1.165) is 13.1 Å². The van der Waals surface area contributed by atoms with Crippen molar-refractivity contribution in [1.82, 2.24) is 9.80 Å². The van der Waals surface area contributed by atoms with Gasteiger partial charge in [0.15, 0.2) is 0 Å². The van der Waals surface area contributed by atoms with Gasteiger partial charge in [-0.05, 0) is 7.05 Å². The first-order valence-corrected chi connectivity index (χ1v) is 4.91. The van der Waals surface area contributed by atoms with Gasteiger partial charge in [-0.3, -0.25) is 4.79 Å². The lowest BCUT2D eigenvalue weighted by Crippen LogP contribution is -2.47. The van der Waals surface area contributed by atoms with Gasteiger partial charge in [0.25, 0.3) is 0 Å². The Balaban J connectivity index is 2.29. The van der Waals surface area contributed by atoms with Crippen molar-refractivity contribution in [1.29, 1.82) is 0 Å². The first kappa shape index (κ1) is 12.3. The number of hydrogen-bond donors (Lipinski definition) is 0. The van der Waals surface area contributed by atoms with Crippen molar-refractivity contribution in [3.8, 4) is 0 Å². The largest absolute Gasteiger partial charge is 0.389 e. The van der Waals surface area contributed by atoms with Gasteiger partial charge in [0.1, 0.15) is 0 Å². The number of rotatable bonds is 2. The van der Waals surface area contributed by atoms with Crippen molar-refractivity contribution in [2.75, 3.05) is 33.2 Å². The summed E-state index contributed by atoms with van der Waals surface area (Å²) in [6.45, 7) is 2.54. The molecule has 0 N–H and O–H groups in total. The van der Waals surface area contributed by atoms with Crippen LogP contribution in [-0.2, 0) is 4.79 Å². The normalized spacial score (nSPS) is 19.3. The van der Waals surface area contributed by atoms with Crippen LogP contribution in [0.15, 0.2) is 0 Å². The Kier molecular flexibility index (Phi) is 3.96. The van der Waals surface area contributed by atoms with Crippen molar-refractivity contribution < 1.29 is 18.0 Å². The summed E-state index contributed by atoms with van der Waals surface area (Å²) in [6, 6.07) is 0. The first-order valence-electron chi connectivity index (χ1n) is 4.91. The maximum Gasteiger partial charge on any atom is 0.389 e. The third kappa shape index (κ3) is 4.51. The highest BCUT2D eigenvalue weighted by Crippen LogP contribution is 2.21. The zero-order chi connectivity index (χ0) is 11.5. The highest BCUT2D eigenvalue weighted by Gasteiger charge is 2.29. The average molecular weight is 224 g/mol. The molecule has 0 aromatic heterocycles. The van der Waals surface area contributed by atoms with Crippen LogP contribution in [0.4, 0.5) is 13.2 Å². The van der Waals surface area contributed by atoms with Gasteiger partial charge in [0.2, 0.25) is 5.91 Å². The van der Waals surface area contributed by atoms with Gasteiger partial charge in [-0.15, -0.1) is 0 Å². The Morgan fingerprint density at radius 2 is 1.73 bits per heavy atom. The Morgan fingerprint density at radius 3 is 2.20 bits per heavy atom. The lowest BCUT2D eigenvalue weighted by atomic mass is 10.2. The molecule has 0 radical (unpaired) electrons. The molecule has 0 spiro atoms. The zero-order valence-electron chi connectivity index (χ0n) is 8.68. The minimum absolute atomic E-state index is 0.388. The Hall–Kier alpha value is -0.780.